The Morgan fingerprint density at radius 3 is 2.25 bits per heavy atom. The van der Waals surface area contributed by atoms with Gasteiger partial charge in [0, 0.05) is 0 Å². The Balaban J connectivity index is 2.85. The molecule has 16 heavy (non-hydrogen) atoms. The highest BCUT2D eigenvalue weighted by Gasteiger charge is 2.46. The van der Waals surface area contributed by atoms with Gasteiger partial charge in [-0.05, 0) is 0 Å². The fourth-order valence-electron chi connectivity index (χ4n) is 1.38. The van der Waals surface area contributed by atoms with Gasteiger partial charge in [0.1, 0.15) is 24.4 Å². The molecule has 2 unspecified atom stereocenters. The van der Waals surface area contributed by atoms with E-state index in [9.17, 15) is 23.7 Å². The minimum atomic E-state index is -3.91. The van der Waals surface area contributed by atoms with Gasteiger partial charge >= 0.3 is 0 Å². The highest BCUT2D eigenvalue weighted by molar-refractivity contribution is 7.86. The zero-order valence-corrected chi connectivity index (χ0v) is 9.24. The molecule has 0 aromatic heterocycles. The number of hydrogen-bond donors (Lipinski definition) is 4. The maximum absolute atomic E-state index is 10.9. The van der Waals surface area contributed by atoms with Crippen LogP contribution in [0.25, 0.3) is 0 Å². The van der Waals surface area contributed by atoms with E-state index in [2.05, 4.69) is 8.92 Å². The van der Waals surface area contributed by atoms with Gasteiger partial charge in [-0.25, -0.2) is 0 Å². The van der Waals surface area contributed by atoms with Crippen LogP contribution in [-0.2, 0) is 19.0 Å². The summed E-state index contributed by atoms with van der Waals surface area (Å²) in [5.41, 5.74) is 0. The van der Waals surface area contributed by atoms with E-state index in [1.54, 1.807) is 0 Å². The van der Waals surface area contributed by atoms with Crippen LogP contribution in [-0.4, -0.2) is 72.4 Å². The second-order valence-electron chi connectivity index (χ2n) is 3.49. The van der Waals surface area contributed by atoms with Crippen molar-refractivity contribution >= 4 is 10.1 Å². The predicted octanol–water partition coefficient (Wildman–Crippen LogP) is -3.24. The average molecular weight is 258 g/mol. The monoisotopic (exact) mass is 258 g/mol. The van der Waals surface area contributed by atoms with Crippen LogP contribution >= 0.6 is 0 Å². The molecule has 0 spiro atoms. The number of aliphatic hydroxyl groups excluding tert-OH is 4. The lowest BCUT2D eigenvalue weighted by Crippen LogP contribution is -2.59. The molecule has 0 aromatic rings. The first-order chi connectivity index (χ1) is 7.26. The normalized spacial score (nSPS) is 40.9. The molecule has 1 heterocycles. The topological polar surface area (TPSA) is 134 Å². The molecular formula is C7H14O8S. The molecule has 96 valence electrons. The average Bonchev–Trinajstić information content (AvgIpc) is 2.17. The SMILES string of the molecule is CS(=O)(=O)O[C@H]1C(O)[C@H](O)OC(CO)[C@H]1O. The van der Waals surface area contributed by atoms with Crippen molar-refractivity contribution in [3.63, 3.8) is 0 Å². The Morgan fingerprint density at radius 1 is 1.25 bits per heavy atom. The molecule has 0 saturated carbocycles. The first-order valence-electron chi connectivity index (χ1n) is 4.45. The smallest absolute Gasteiger partial charge is 0.264 e. The van der Waals surface area contributed by atoms with Crippen LogP contribution in [0.3, 0.4) is 0 Å². The standard InChI is InChI=1S/C7H14O8S/c1-16(12,13)15-6-4(9)3(2-8)14-7(11)5(6)10/h3-11H,2H2,1H3/t3?,4-,5?,6-,7-/m1/s1. The summed E-state index contributed by atoms with van der Waals surface area (Å²) in [4.78, 5) is 0. The van der Waals surface area contributed by atoms with Gasteiger partial charge in [0.2, 0.25) is 0 Å². The molecule has 1 rings (SSSR count). The van der Waals surface area contributed by atoms with Crippen LogP contribution in [0.2, 0.25) is 0 Å². The van der Waals surface area contributed by atoms with Gasteiger partial charge in [0.15, 0.2) is 6.29 Å². The van der Waals surface area contributed by atoms with Gasteiger partial charge in [0.05, 0.1) is 12.9 Å². The van der Waals surface area contributed by atoms with E-state index < -0.39 is 47.4 Å². The molecule has 9 heteroatoms. The summed E-state index contributed by atoms with van der Waals surface area (Å²) >= 11 is 0. The molecule has 0 amide bonds. The first-order valence-corrected chi connectivity index (χ1v) is 6.26. The molecule has 1 aliphatic rings. The second-order valence-corrected chi connectivity index (χ2v) is 5.09. The van der Waals surface area contributed by atoms with E-state index in [0.29, 0.717) is 0 Å². The summed E-state index contributed by atoms with van der Waals surface area (Å²) in [6, 6.07) is 0. The molecule has 0 bridgehead atoms. The third-order valence-corrected chi connectivity index (χ3v) is 2.70. The van der Waals surface area contributed by atoms with E-state index in [1.165, 1.54) is 0 Å². The Hall–Kier alpha value is -0.290. The highest BCUT2D eigenvalue weighted by atomic mass is 32.2. The minimum Gasteiger partial charge on any atom is -0.394 e. The molecule has 1 saturated heterocycles. The maximum atomic E-state index is 10.9. The van der Waals surface area contributed by atoms with Crippen LogP contribution in [0.4, 0.5) is 0 Å². The quantitative estimate of drug-likeness (QED) is 0.388. The zero-order chi connectivity index (χ0) is 12.5. The first kappa shape index (κ1) is 13.8. The largest absolute Gasteiger partial charge is 0.394 e. The third-order valence-electron chi connectivity index (χ3n) is 2.13. The lowest BCUT2D eigenvalue weighted by Gasteiger charge is -2.39. The minimum absolute atomic E-state index is 0.644. The number of ether oxygens (including phenoxy) is 1. The van der Waals surface area contributed by atoms with Crippen LogP contribution in [0.5, 0.6) is 0 Å². The van der Waals surface area contributed by atoms with Gasteiger partial charge in [-0.15, -0.1) is 0 Å². The lowest BCUT2D eigenvalue weighted by atomic mass is 9.99. The highest BCUT2D eigenvalue weighted by Crippen LogP contribution is 2.23. The van der Waals surface area contributed by atoms with E-state index >= 15 is 0 Å². The van der Waals surface area contributed by atoms with E-state index in [1.807, 2.05) is 0 Å². The fourth-order valence-corrected chi connectivity index (χ4v) is 2.01. The van der Waals surface area contributed by atoms with Crippen molar-refractivity contribution in [2.24, 2.45) is 0 Å². The third kappa shape index (κ3) is 3.10. The molecule has 5 atom stereocenters. The van der Waals surface area contributed by atoms with E-state index in [-0.39, 0.29) is 0 Å². The Labute approximate surface area is 92.2 Å². The molecular weight excluding hydrogens is 244 g/mol. The van der Waals surface area contributed by atoms with Gasteiger partial charge < -0.3 is 25.2 Å². The molecule has 4 N–H and O–H groups in total. The van der Waals surface area contributed by atoms with Crippen molar-refractivity contribution in [1.82, 2.24) is 0 Å². The van der Waals surface area contributed by atoms with Crippen molar-refractivity contribution in [2.45, 2.75) is 30.7 Å². The van der Waals surface area contributed by atoms with Gasteiger partial charge in [-0.3, -0.25) is 4.18 Å². The van der Waals surface area contributed by atoms with Crippen LogP contribution in [0.15, 0.2) is 0 Å². The summed E-state index contributed by atoms with van der Waals surface area (Å²) in [5.74, 6) is 0. The lowest BCUT2D eigenvalue weighted by molar-refractivity contribution is -0.281. The number of rotatable bonds is 3. The van der Waals surface area contributed by atoms with Crippen molar-refractivity contribution in [2.75, 3.05) is 12.9 Å². The fraction of sp³-hybridized carbons (Fsp3) is 1.00. The van der Waals surface area contributed by atoms with Gasteiger partial charge in [0.25, 0.3) is 10.1 Å². The Bertz CT molecular complexity index is 327. The van der Waals surface area contributed by atoms with Crippen molar-refractivity contribution < 1.29 is 37.8 Å². The van der Waals surface area contributed by atoms with Crippen LogP contribution in [0.1, 0.15) is 0 Å². The van der Waals surface area contributed by atoms with E-state index in [4.69, 9.17) is 5.11 Å². The second kappa shape index (κ2) is 4.92. The molecule has 0 radical (unpaired) electrons. The summed E-state index contributed by atoms with van der Waals surface area (Å²) in [6.45, 7) is -0.644. The van der Waals surface area contributed by atoms with E-state index in [0.717, 1.165) is 6.26 Å². The van der Waals surface area contributed by atoms with Gasteiger partial charge in [-0.1, -0.05) is 0 Å². The summed E-state index contributed by atoms with van der Waals surface area (Å²) in [5, 5.41) is 36.9. The maximum Gasteiger partial charge on any atom is 0.264 e. The van der Waals surface area contributed by atoms with Crippen molar-refractivity contribution in [3.05, 3.63) is 0 Å². The Kier molecular flexibility index (Phi) is 4.23. The molecule has 1 aliphatic heterocycles. The predicted molar refractivity (Wildman–Crippen MR) is 49.7 cm³/mol. The van der Waals surface area contributed by atoms with Gasteiger partial charge in [-0.2, -0.15) is 8.42 Å². The number of hydrogen-bond acceptors (Lipinski definition) is 8. The van der Waals surface area contributed by atoms with Crippen LogP contribution in [0, 0.1) is 0 Å². The van der Waals surface area contributed by atoms with Crippen molar-refractivity contribution in [1.29, 1.82) is 0 Å². The van der Waals surface area contributed by atoms with Crippen molar-refractivity contribution in [3.8, 4) is 0 Å². The molecule has 1 fully saturated rings. The number of aliphatic hydroxyl groups is 4. The molecule has 8 nitrogen and oxygen atoms in total. The molecule has 0 aromatic carbocycles. The summed E-state index contributed by atoms with van der Waals surface area (Å²) in [7, 11) is -3.91. The summed E-state index contributed by atoms with van der Waals surface area (Å²) < 4.78 is 30.8. The summed E-state index contributed by atoms with van der Waals surface area (Å²) in [6.07, 6.45) is -7.05. The zero-order valence-electron chi connectivity index (χ0n) is 8.42. The molecule has 0 aliphatic carbocycles. The Morgan fingerprint density at radius 2 is 1.81 bits per heavy atom. The van der Waals surface area contributed by atoms with Crippen LogP contribution < -0.4 is 0 Å².